The fourth-order valence-electron chi connectivity index (χ4n) is 2.84. The second kappa shape index (κ2) is 6.74. The predicted octanol–water partition coefficient (Wildman–Crippen LogP) is 0.618. The molecule has 0 bridgehead atoms. The zero-order chi connectivity index (χ0) is 16.2. The van der Waals surface area contributed by atoms with Gasteiger partial charge in [0.05, 0.1) is 13.2 Å². The van der Waals surface area contributed by atoms with Crippen LogP contribution in [0.2, 0.25) is 0 Å². The average molecular weight is 316 g/mol. The summed E-state index contributed by atoms with van der Waals surface area (Å²) in [5, 5.41) is 4.17. The number of piperidine rings is 1. The minimum absolute atomic E-state index is 0.0708. The molecule has 2 aromatic rings. The number of ether oxygens (including phenoxy) is 1. The van der Waals surface area contributed by atoms with Crippen LogP contribution in [0, 0.1) is 0 Å². The van der Waals surface area contributed by atoms with Gasteiger partial charge >= 0.3 is 0 Å². The molecule has 3 heterocycles. The number of carbonyl (C=O) groups is 1. The molecule has 1 aliphatic rings. The van der Waals surface area contributed by atoms with Gasteiger partial charge in [-0.05, 0) is 24.9 Å². The highest BCUT2D eigenvalue weighted by molar-refractivity contribution is 5.88. The molecule has 0 unspecified atom stereocenters. The lowest BCUT2D eigenvalue weighted by Gasteiger charge is -2.32. The monoisotopic (exact) mass is 316 g/mol. The SMILES string of the molecule is COc1ccc(CN2CCC[C@@H](n3cnc(C(N)=O)n3)C2)cn1. The van der Waals surface area contributed by atoms with E-state index in [1.54, 1.807) is 18.1 Å². The molecule has 1 saturated heterocycles. The fourth-order valence-corrected chi connectivity index (χ4v) is 2.84. The van der Waals surface area contributed by atoms with E-state index in [0.29, 0.717) is 5.88 Å². The minimum atomic E-state index is -0.597. The van der Waals surface area contributed by atoms with Gasteiger partial charge in [-0.2, -0.15) is 0 Å². The van der Waals surface area contributed by atoms with Crippen LogP contribution in [0.15, 0.2) is 24.7 Å². The summed E-state index contributed by atoms with van der Waals surface area (Å²) < 4.78 is 6.82. The molecule has 0 spiro atoms. The quantitative estimate of drug-likeness (QED) is 0.868. The first-order valence-electron chi connectivity index (χ1n) is 7.58. The van der Waals surface area contributed by atoms with Crippen LogP contribution in [-0.2, 0) is 6.54 Å². The van der Waals surface area contributed by atoms with Gasteiger partial charge in [-0.3, -0.25) is 9.69 Å². The lowest BCUT2D eigenvalue weighted by Crippen LogP contribution is -2.36. The number of rotatable bonds is 5. The van der Waals surface area contributed by atoms with E-state index in [4.69, 9.17) is 10.5 Å². The van der Waals surface area contributed by atoms with E-state index >= 15 is 0 Å². The Morgan fingerprint density at radius 3 is 2.96 bits per heavy atom. The van der Waals surface area contributed by atoms with Gasteiger partial charge in [0, 0.05) is 25.4 Å². The molecule has 8 nitrogen and oxygen atoms in total. The Kier molecular flexibility index (Phi) is 4.52. The molecule has 0 aromatic carbocycles. The molecule has 1 fully saturated rings. The highest BCUT2D eigenvalue weighted by atomic mass is 16.5. The number of nitrogens with two attached hydrogens (primary N) is 1. The third-order valence-corrected chi connectivity index (χ3v) is 4.00. The number of primary amides is 1. The van der Waals surface area contributed by atoms with Crippen LogP contribution < -0.4 is 10.5 Å². The van der Waals surface area contributed by atoms with E-state index in [-0.39, 0.29) is 11.9 Å². The third kappa shape index (κ3) is 3.65. The third-order valence-electron chi connectivity index (χ3n) is 4.00. The zero-order valence-corrected chi connectivity index (χ0v) is 13.1. The molecular formula is C15H20N6O2. The van der Waals surface area contributed by atoms with Gasteiger partial charge in [0.1, 0.15) is 6.33 Å². The van der Waals surface area contributed by atoms with Crippen molar-refractivity contribution >= 4 is 5.91 Å². The molecule has 3 rings (SSSR count). The summed E-state index contributed by atoms with van der Waals surface area (Å²) in [5.41, 5.74) is 6.35. The number of likely N-dealkylation sites (tertiary alicyclic amines) is 1. The Labute approximate surface area is 134 Å². The molecule has 0 radical (unpaired) electrons. The largest absolute Gasteiger partial charge is 0.481 e. The molecule has 1 atom stereocenters. The molecule has 2 N–H and O–H groups in total. The van der Waals surface area contributed by atoms with Crippen LogP contribution in [0.4, 0.5) is 0 Å². The summed E-state index contributed by atoms with van der Waals surface area (Å²) in [6, 6.07) is 4.10. The molecule has 8 heteroatoms. The molecule has 2 aromatic heterocycles. The van der Waals surface area contributed by atoms with Crippen LogP contribution in [0.3, 0.4) is 0 Å². The fraction of sp³-hybridized carbons (Fsp3) is 0.467. The number of pyridine rings is 1. The van der Waals surface area contributed by atoms with Crippen LogP contribution in [-0.4, -0.2) is 50.8 Å². The van der Waals surface area contributed by atoms with Crippen molar-refractivity contribution in [2.45, 2.75) is 25.4 Å². The number of methoxy groups -OCH3 is 1. The van der Waals surface area contributed by atoms with E-state index in [1.807, 2.05) is 18.3 Å². The van der Waals surface area contributed by atoms with Crippen LogP contribution in [0.1, 0.15) is 35.1 Å². The zero-order valence-electron chi connectivity index (χ0n) is 13.1. The van der Waals surface area contributed by atoms with Crippen LogP contribution in [0.25, 0.3) is 0 Å². The van der Waals surface area contributed by atoms with Crippen molar-refractivity contribution in [3.8, 4) is 5.88 Å². The van der Waals surface area contributed by atoms with Gasteiger partial charge in [0.25, 0.3) is 5.91 Å². The summed E-state index contributed by atoms with van der Waals surface area (Å²) in [7, 11) is 1.61. The first-order chi connectivity index (χ1) is 11.2. The Bertz CT molecular complexity index is 669. The van der Waals surface area contributed by atoms with Crippen molar-refractivity contribution in [3.63, 3.8) is 0 Å². The predicted molar refractivity (Wildman–Crippen MR) is 82.9 cm³/mol. The molecular weight excluding hydrogens is 296 g/mol. The lowest BCUT2D eigenvalue weighted by molar-refractivity contribution is 0.0989. The van der Waals surface area contributed by atoms with Gasteiger partial charge in [0.2, 0.25) is 11.7 Å². The molecule has 0 saturated carbocycles. The number of amides is 1. The second-order valence-electron chi connectivity index (χ2n) is 5.65. The molecule has 122 valence electrons. The number of carbonyl (C=O) groups excluding carboxylic acids is 1. The maximum atomic E-state index is 11.1. The highest BCUT2D eigenvalue weighted by Gasteiger charge is 2.23. The average Bonchev–Trinajstić information content (AvgIpc) is 3.06. The van der Waals surface area contributed by atoms with Crippen molar-refractivity contribution in [1.29, 1.82) is 0 Å². The Morgan fingerprint density at radius 1 is 1.43 bits per heavy atom. The Hall–Kier alpha value is -2.48. The first-order valence-corrected chi connectivity index (χ1v) is 7.58. The smallest absolute Gasteiger partial charge is 0.288 e. The number of nitrogens with zero attached hydrogens (tertiary/aromatic N) is 5. The summed E-state index contributed by atoms with van der Waals surface area (Å²) in [6.07, 6.45) is 5.51. The second-order valence-corrected chi connectivity index (χ2v) is 5.65. The molecule has 1 aliphatic heterocycles. The number of hydrogen-bond donors (Lipinski definition) is 1. The van der Waals surface area contributed by atoms with Gasteiger partial charge in [0.15, 0.2) is 0 Å². The van der Waals surface area contributed by atoms with E-state index in [1.165, 1.54) is 0 Å². The number of hydrogen-bond acceptors (Lipinski definition) is 6. The van der Waals surface area contributed by atoms with E-state index in [9.17, 15) is 4.79 Å². The molecule has 23 heavy (non-hydrogen) atoms. The highest BCUT2D eigenvalue weighted by Crippen LogP contribution is 2.22. The maximum absolute atomic E-state index is 11.1. The normalized spacial score (nSPS) is 18.7. The molecule has 0 aliphatic carbocycles. The standard InChI is InChI=1S/C15H20N6O2/c1-23-13-5-4-11(7-17-13)8-20-6-2-3-12(9-20)21-10-18-15(19-21)14(16)22/h4-5,7,10,12H,2-3,6,8-9H2,1H3,(H2,16,22)/t12-/m1/s1. The summed E-state index contributed by atoms with van der Waals surface area (Å²) in [5.74, 6) is 0.0917. The van der Waals surface area contributed by atoms with Crippen molar-refractivity contribution in [3.05, 3.63) is 36.0 Å². The Morgan fingerprint density at radius 2 is 2.30 bits per heavy atom. The van der Waals surface area contributed by atoms with Crippen molar-refractivity contribution in [1.82, 2.24) is 24.6 Å². The van der Waals surface area contributed by atoms with E-state index < -0.39 is 5.91 Å². The maximum Gasteiger partial charge on any atom is 0.288 e. The summed E-state index contributed by atoms with van der Waals surface area (Å²) in [4.78, 5) is 21.7. The van der Waals surface area contributed by atoms with Crippen molar-refractivity contribution < 1.29 is 9.53 Å². The van der Waals surface area contributed by atoms with Crippen LogP contribution >= 0.6 is 0 Å². The van der Waals surface area contributed by atoms with Gasteiger partial charge in [-0.25, -0.2) is 14.6 Å². The van der Waals surface area contributed by atoms with E-state index in [2.05, 4.69) is 20.0 Å². The lowest BCUT2D eigenvalue weighted by atomic mass is 10.1. The molecule has 1 amide bonds. The minimum Gasteiger partial charge on any atom is -0.481 e. The first kappa shape index (κ1) is 15.4. The van der Waals surface area contributed by atoms with Crippen LogP contribution in [0.5, 0.6) is 5.88 Å². The summed E-state index contributed by atoms with van der Waals surface area (Å²) in [6.45, 7) is 2.71. The van der Waals surface area contributed by atoms with E-state index in [0.717, 1.165) is 38.0 Å². The van der Waals surface area contributed by atoms with Gasteiger partial charge in [-0.15, -0.1) is 5.10 Å². The van der Waals surface area contributed by atoms with Gasteiger partial charge < -0.3 is 10.5 Å². The topological polar surface area (TPSA) is 99.2 Å². The number of aromatic nitrogens is 4. The Balaban J connectivity index is 1.63. The van der Waals surface area contributed by atoms with Gasteiger partial charge in [-0.1, -0.05) is 6.07 Å². The van der Waals surface area contributed by atoms with Crippen molar-refractivity contribution in [2.24, 2.45) is 5.73 Å². The van der Waals surface area contributed by atoms with Crippen molar-refractivity contribution in [2.75, 3.05) is 20.2 Å². The summed E-state index contributed by atoms with van der Waals surface area (Å²) >= 11 is 0.